The Balaban J connectivity index is 1.85. The summed E-state index contributed by atoms with van der Waals surface area (Å²) in [5.41, 5.74) is 5.30. The Morgan fingerprint density at radius 2 is 1.73 bits per heavy atom. The molecule has 0 aliphatic carbocycles. The second-order valence-electron chi connectivity index (χ2n) is 8.49. The normalized spacial score (nSPS) is 17.1. The molecule has 0 spiro atoms. The quantitative estimate of drug-likeness (QED) is 0.363. The van der Waals surface area contributed by atoms with Crippen LogP contribution in [0.5, 0.6) is 0 Å². The van der Waals surface area contributed by atoms with Crippen LogP contribution in [-0.2, 0) is 19.1 Å². The molecule has 0 bridgehead atoms. The maximum Gasteiger partial charge on any atom is 0.336 e. The Bertz CT molecular complexity index is 1430. The minimum Gasteiger partial charge on any atom is -0.465 e. The summed E-state index contributed by atoms with van der Waals surface area (Å²) in [6.07, 6.45) is 0. The van der Waals surface area contributed by atoms with E-state index < -0.39 is 23.8 Å². The van der Waals surface area contributed by atoms with Crippen LogP contribution in [0.1, 0.15) is 44.7 Å². The molecule has 0 fully saturated rings. The zero-order chi connectivity index (χ0) is 26.5. The Kier molecular flexibility index (Phi) is 7.95. The van der Waals surface area contributed by atoms with Crippen LogP contribution in [0, 0.1) is 17.2 Å². The molecular formula is C29H27N3O4S. The molecule has 1 aliphatic heterocycles. The lowest BCUT2D eigenvalue weighted by atomic mass is 9.74. The Morgan fingerprint density at radius 3 is 2.41 bits per heavy atom. The number of carbonyl (C=O) groups is 2. The van der Waals surface area contributed by atoms with Gasteiger partial charge in [0.25, 0.3) is 0 Å². The van der Waals surface area contributed by atoms with Gasteiger partial charge < -0.3 is 9.47 Å². The van der Waals surface area contributed by atoms with Crippen molar-refractivity contribution in [3.05, 3.63) is 76.3 Å². The maximum absolute atomic E-state index is 13.2. The van der Waals surface area contributed by atoms with Crippen molar-refractivity contribution in [3.63, 3.8) is 0 Å². The van der Waals surface area contributed by atoms with E-state index in [-0.39, 0.29) is 13.2 Å². The van der Waals surface area contributed by atoms with E-state index in [2.05, 4.69) is 11.1 Å². The van der Waals surface area contributed by atoms with Crippen molar-refractivity contribution in [1.29, 1.82) is 5.26 Å². The molecule has 0 N–H and O–H groups in total. The SMILES string of the molecule is CCOC(=O)C1=C(C)N=C(C)C(C(=O)OCC)C1c1ccccc1-c1nc(-c2ccc(C#N)cc2)cs1. The molecule has 1 aromatic heterocycles. The summed E-state index contributed by atoms with van der Waals surface area (Å²) in [5, 5.41) is 11.8. The van der Waals surface area contributed by atoms with Gasteiger partial charge in [0.1, 0.15) is 10.9 Å². The molecule has 2 heterocycles. The summed E-state index contributed by atoms with van der Waals surface area (Å²) in [6, 6.07) is 17.0. The van der Waals surface area contributed by atoms with Crippen LogP contribution >= 0.6 is 11.3 Å². The highest BCUT2D eigenvalue weighted by Gasteiger charge is 2.43. The van der Waals surface area contributed by atoms with Crippen LogP contribution in [0.25, 0.3) is 21.8 Å². The summed E-state index contributed by atoms with van der Waals surface area (Å²) >= 11 is 1.47. The van der Waals surface area contributed by atoms with E-state index in [4.69, 9.17) is 19.7 Å². The van der Waals surface area contributed by atoms with Crippen LogP contribution in [0.2, 0.25) is 0 Å². The zero-order valence-corrected chi connectivity index (χ0v) is 22.0. The van der Waals surface area contributed by atoms with Crippen LogP contribution < -0.4 is 0 Å². The van der Waals surface area contributed by atoms with Gasteiger partial charge in [0.15, 0.2) is 0 Å². The van der Waals surface area contributed by atoms with Gasteiger partial charge in [-0.15, -0.1) is 11.3 Å². The number of aliphatic imine (C=N–C) groups is 1. The standard InChI is InChI=1S/C29H27N3O4S/c1-5-35-28(33)24-17(3)31-18(4)25(29(34)36-6-2)26(24)21-9-7-8-10-22(21)27-32-23(16-37-27)20-13-11-19(15-30)12-14-20/h7-14,16,24,26H,5-6H2,1-4H3. The fourth-order valence-electron chi connectivity index (χ4n) is 4.59. The molecule has 0 radical (unpaired) electrons. The highest BCUT2D eigenvalue weighted by atomic mass is 32.1. The molecular weight excluding hydrogens is 486 g/mol. The van der Waals surface area contributed by atoms with Crippen LogP contribution in [0.15, 0.2) is 70.2 Å². The van der Waals surface area contributed by atoms with Gasteiger partial charge in [-0.25, -0.2) is 9.78 Å². The predicted octanol–water partition coefficient (Wildman–Crippen LogP) is 5.92. The van der Waals surface area contributed by atoms with E-state index in [1.165, 1.54) is 11.3 Å². The third-order valence-corrected chi connectivity index (χ3v) is 7.08. The van der Waals surface area contributed by atoms with E-state index in [1.54, 1.807) is 39.8 Å². The highest BCUT2D eigenvalue weighted by Crippen LogP contribution is 2.44. The number of thiazole rings is 1. The number of carbonyl (C=O) groups excluding carboxylic acids is 2. The fourth-order valence-corrected chi connectivity index (χ4v) is 5.47. The second kappa shape index (κ2) is 11.3. The first-order valence-electron chi connectivity index (χ1n) is 12.0. The lowest BCUT2D eigenvalue weighted by Gasteiger charge is -2.32. The van der Waals surface area contributed by atoms with Gasteiger partial charge in [0.2, 0.25) is 0 Å². The summed E-state index contributed by atoms with van der Waals surface area (Å²) in [6.45, 7) is 7.47. The minimum absolute atomic E-state index is 0.206. The lowest BCUT2D eigenvalue weighted by molar-refractivity contribution is -0.146. The maximum atomic E-state index is 13.2. The minimum atomic E-state index is -0.776. The van der Waals surface area contributed by atoms with Crippen molar-refractivity contribution in [2.24, 2.45) is 10.9 Å². The number of allylic oxidation sites excluding steroid dienone is 1. The molecule has 8 heteroatoms. The average molecular weight is 514 g/mol. The summed E-state index contributed by atoms with van der Waals surface area (Å²) in [5.74, 6) is -2.35. The van der Waals surface area contributed by atoms with E-state index in [0.717, 1.165) is 27.4 Å². The zero-order valence-electron chi connectivity index (χ0n) is 21.1. The number of ether oxygens (including phenoxy) is 2. The number of nitrogens with zero attached hydrogens (tertiary/aromatic N) is 3. The highest BCUT2D eigenvalue weighted by molar-refractivity contribution is 7.13. The van der Waals surface area contributed by atoms with E-state index in [9.17, 15) is 9.59 Å². The smallest absolute Gasteiger partial charge is 0.336 e. The van der Waals surface area contributed by atoms with Crippen LogP contribution in [0.3, 0.4) is 0 Å². The van der Waals surface area contributed by atoms with Crippen molar-refractivity contribution in [3.8, 4) is 27.9 Å². The Morgan fingerprint density at radius 1 is 1.03 bits per heavy atom. The third kappa shape index (κ3) is 5.23. The molecule has 0 amide bonds. The molecule has 0 saturated carbocycles. The van der Waals surface area contributed by atoms with Crippen molar-refractivity contribution in [1.82, 2.24) is 4.98 Å². The second-order valence-corrected chi connectivity index (χ2v) is 9.35. The number of hydrogen-bond donors (Lipinski definition) is 0. The number of rotatable bonds is 7. The van der Waals surface area contributed by atoms with Crippen LogP contribution in [-0.4, -0.2) is 35.8 Å². The third-order valence-electron chi connectivity index (χ3n) is 6.20. The van der Waals surface area contributed by atoms with Gasteiger partial charge in [-0.2, -0.15) is 5.26 Å². The largest absolute Gasteiger partial charge is 0.465 e. The molecule has 37 heavy (non-hydrogen) atoms. The Labute approximate surface area is 220 Å². The topological polar surface area (TPSA) is 102 Å². The molecule has 2 atom stereocenters. The molecule has 2 aromatic carbocycles. The summed E-state index contributed by atoms with van der Waals surface area (Å²) < 4.78 is 10.8. The summed E-state index contributed by atoms with van der Waals surface area (Å²) in [4.78, 5) is 35.8. The lowest BCUT2D eigenvalue weighted by Crippen LogP contribution is -2.36. The monoisotopic (exact) mass is 513 g/mol. The van der Waals surface area contributed by atoms with E-state index in [0.29, 0.717) is 22.5 Å². The van der Waals surface area contributed by atoms with Crippen molar-refractivity contribution in [2.75, 3.05) is 13.2 Å². The van der Waals surface area contributed by atoms with Gasteiger partial charge in [-0.1, -0.05) is 36.4 Å². The first-order valence-corrected chi connectivity index (χ1v) is 12.9. The molecule has 0 saturated heterocycles. The fraction of sp³-hybridized carbons (Fsp3) is 0.276. The molecule has 1 aliphatic rings. The van der Waals surface area contributed by atoms with Gasteiger partial charge >= 0.3 is 11.9 Å². The van der Waals surface area contributed by atoms with E-state index in [1.807, 2.05) is 41.8 Å². The number of hydrogen-bond acceptors (Lipinski definition) is 8. The molecule has 2 unspecified atom stereocenters. The van der Waals surface area contributed by atoms with Gasteiger partial charge in [-0.05, 0) is 45.4 Å². The molecule has 188 valence electrons. The number of aromatic nitrogens is 1. The number of esters is 2. The Hall–Kier alpha value is -4.09. The average Bonchev–Trinajstić information content (AvgIpc) is 3.38. The predicted molar refractivity (Wildman–Crippen MR) is 143 cm³/mol. The van der Waals surface area contributed by atoms with Gasteiger partial charge in [-0.3, -0.25) is 9.79 Å². The molecule has 7 nitrogen and oxygen atoms in total. The molecule has 4 rings (SSSR count). The van der Waals surface area contributed by atoms with Crippen molar-refractivity contribution in [2.45, 2.75) is 33.6 Å². The van der Waals surface area contributed by atoms with Crippen molar-refractivity contribution < 1.29 is 19.1 Å². The molecule has 3 aromatic rings. The van der Waals surface area contributed by atoms with Crippen LogP contribution in [0.4, 0.5) is 0 Å². The number of benzene rings is 2. The number of nitriles is 1. The summed E-state index contributed by atoms with van der Waals surface area (Å²) in [7, 11) is 0. The first kappa shape index (κ1) is 26.0. The van der Waals surface area contributed by atoms with E-state index >= 15 is 0 Å². The van der Waals surface area contributed by atoms with Gasteiger partial charge in [0, 0.05) is 33.8 Å². The van der Waals surface area contributed by atoms with Gasteiger partial charge in [0.05, 0.1) is 36.1 Å². The van der Waals surface area contributed by atoms with Crippen molar-refractivity contribution >= 4 is 29.0 Å². The first-order chi connectivity index (χ1) is 17.9.